The van der Waals surface area contributed by atoms with Gasteiger partial charge >= 0.3 is 32.7 Å². The molecule has 12 heavy (non-hydrogen) atoms. The van der Waals surface area contributed by atoms with E-state index in [0.717, 1.165) is 0 Å². The van der Waals surface area contributed by atoms with E-state index in [1.807, 2.05) is 0 Å². The van der Waals surface area contributed by atoms with Gasteiger partial charge in [-0.15, -0.1) is 5.92 Å². The molecule has 0 saturated carbocycles. The van der Waals surface area contributed by atoms with Crippen molar-refractivity contribution in [1.82, 2.24) is 0 Å². The predicted molar refractivity (Wildman–Crippen MR) is 49.4 cm³/mol. The first-order chi connectivity index (χ1) is 5.22. The third-order valence-corrected chi connectivity index (χ3v) is 2.17. The van der Waals surface area contributed by atoms with Crippen molar-refractivity contribution in [2.45, 2.75) is 26.7 Å². The zero-order chi connectivity index (χ0) is 8.27. The molecule has 1 aromatic rings. The van der Waals surface area contributed by atoms with Crippen molar-refractivity contribution in [2.24, 2.45) is 0 Å². The Morgan fingerprint density at radius 1 is 1.08 bits per heavy atom. The molecule has 1 rings (SSSR count). The maximum absolute atomic E-state index is 2.24. The normalized spacial score (nSPS) is 12.3. The van der Waals surface area contributed by atoms with Gasteiger partial charge in [0, 0.05) is 0 Å². The molecule has 0 aromatic heterocycles. The van der Waals surface area contributed by atoms with Crippen LogP contribution in [0.5, 0.6) is 0 Å². The molecule has 0 amide bonds. The van der Waals surface area contributed by atoms with E-state index in [1.54, 1.807) is 0 Å². The number of benzene rings is 1. The van der Waals surface area contributed by atoms with Crippen LogP contribution in [0.3, 0.4) is 0 Å². The van der Waals surface area contributed by atoms with Gasteiger partial charge in [0.2, 0.25) is 0 Å². The molecule has 0 fully saturated rings. The maximum Gasteiger partial charge on any atom is 3.00 e. The van der Waals surface area contributed by atoms with E-state index in [0.29, 0.717) is 5.92 Å². The molecule has 0 N–H and O–H groups in total. The quantitative estimate of drug-likeness (QED) is 0.690. The molecule has 0 radical (unpaired) electrons. The smallest absolute Gasteiger partial charge is 0.313 e. The molecular weight excluding hydrogens is 221 g/mol. The van der Waals surface area contributed by atoms with E-state index >= 15 is 0 Å². The van der Waals surface area contributed by atoms with Crippen molar-refractivity contribution in [3.8, 4) is 0 Å². The minimum Gasteiger partial charge on any atom is -0.313 e. The van der Waals surface area contributed by atoms with Gasteiger partial charge in [0.05, 0.1) is 0 Å². The van der Waals surface area contributed by atoms with Crippen LogP contribution in [0.25, 0.3) is 0 Å². The van der Waals surface area contributed by atoms with Crippen LogP contribution in [0, 0.1) is 5.92 Å². The van der Waals surface area contributed by atoms with Crippen LogP contribution < -0.4 is 0 Å². The molecule has 0 saturated heterocycles. The standard InChI is InChI=1S/C11H15.Y/c1-9(2)10(3)11-7-5-4-6-8-11;/h4-8,10H,1-3H3;/q-1;+3. The Morgan fingerprint density at radius 3 is 2.00 bits per heavy atom. The van der Waals surface area contributed by atoms with Gasteiger partial charge in [-0.1, -0.05) is 42.8 Å². The van der Waals surface area contributed by atoms with Crippen molar-refractivity contribution >= 4 is 0 Å². The van der Waals surface area contributed by atoms with E-state index in [1.165, 1.54) is 11.5 Å². The van der Waals surface area contributed by atoms with Crippen molar-refractivity contribution in [2.75, 3.05) is 0 Å². The van der Waals surface area contributed by atoms with Gasteiger partial charge in [-0.2, -0.15) is 13.8 Å². The Labute approximate surface area is 101 Å². The molecule has 1 atom stereocenters. The molecule has 0 aliphatic heterocycles. The minimum atomic E-state index is 0. The molecule has 1 unspecified atom stereocenters. The van der Waals surface area contributed by atoms with Gasteiger partial charge in [0.25, 0.3) is 0 Å². The van der Waals surface area contributed by atoms with E-state index in [4.69, 9.17) is 0 Å². The van der Waals surface area contributed by atoms with E-state index in [-0.39, 0.29) is 32.7 Å². The number of hydrogen-bond donors (Lipinski definition) is 0. The predicted octanol–water partition coefficient (Wildman–Crippen LogP) is 3.40. The van der Waals surface area contributed by atoms with Crippen LogP contribution in [0.1, 0.15) is 32.3 Å². The Kier molecular flexibility index (Phi) is 6.04. The molecule has 0 aliphatic carbocycles. The summed E-state index contributed by atoms with van der Waals surface area (Å²) in [7, 11) is 0. The first-order valence-electron chi connectivity index (χ1n) is 4.07. The first-order valence-corrected chi connectivity index (χ1v) is 4.07. The monoisotopic (exact) mass is 236 g/mol. The van der Waals surface area contributed by atoms with Crippen molar-refractivity contribution in [3.63, 3.8) is 0 Å². The molecule has 0 heterocycles. The number of hydrogen-bond acceptors (Lipinski definition) is 0. The summed E-state index contributed by atoms with van der Waals surface area (Å²) in [6.07, 6.45) is 0. The SMILES string of the molecule is C[C-](C)C(C)c1ccccc1.[Y+3]. The third-order valence-electron chi connectivity index (χ3n) is 2.17. The molecule has 0 aliphatic rings. The topological polar surface area (TPSA) is 0 Å². The van der Waals surface area contributed by atoms with Crippen LogP contribution in [-0.2, 0) is 32.7 Å². The fourth-order valence-electron chi connectivity index (χ4n) is 1.08. The minimum absolute atomic E-state index is 0. The fraction of sp³-hybridized carbons (Fsp3) is 0.364. The van der Waals surface area contributed by atoms with Gasteiger partial charge < -0.3 is 5.92 Å². The Balaban J connectivity index is 0.00000121. The molecule has 0 nitrogen and oxygen atoms in total. The summed E-state index contributed by atoms with van der Waals surface area (Å²) in [5.74, 6) is 2.06. The fourth-order valence-corrected chi connectivity index (χ4v) is 1.08. The van der Waals surface area contributed by atoms with Gasteiger partial charge in [0.1, 0.15) is 0 Å². The van der Waals surface area contributed by atoms with Crippen LogP contribution in [0.2, 0.25) is 0 Å². The average Bonchev–Trinajstić information content (AvgIpc) is 2.05. The van der Waals surface area contributed by atoms with Gasteiger partial charge in [-0.25, -0.2) is 0 Å². The number of rotatable bonds is 2. The molecular formula is C11H15Y+2. The Hall–Kier alpha value is 0.324. The zero-order valence-electron chi connectivity index (χ0n) is 8.04. The second-order valence-electron chi connectivity index (χ2n) is 3.21. The second kappa shape index (κ2) is 5.88. The molecule has 60 valence electrons. The van der Waals surface area contributed by atoms with Gasteiger partial charge in [-0.3, -0.25) is 0 Å². The summed E-state index contributed by atoms with van der Waals surface area (Å²) in [6, 6.07) is 10.6. The van der Waals surface area contributed by atoms with Crippen molar-refractivity contribution < 1.29 is 32.7 Å². The van der Waals surface area contributed by atoms with E-state index in [9.17, 15) is 0 Å². The summed E-state index contributed by atoms with van der Waals surface area (Å²) in [6.45, 7) is 6.60. The summed E-state index contributed by atoms with van der Waals surface area (Å²) in [4.78, 5) is 0. The Morgan fingerprint density at radius 2 is 1.58 bits per heavy atom. The summed E-state index contributed by atoms with van der Waals surface area (Å²) < 4.78 is 0. The van der Waals surface area contributed by atoms with Crippen LogP contribution in [-0.4, -0.2) is 0 Å². The molecule has 1 aromatic carbocycles. The van der Waals surface area contributed by atoms with Crippen LogP contribution in [0.4, 0.5) is 0 Å². The Bertz CT molecular complexity index is 204. The zero-order valence-corrected chi connectivity index (χ0v) is 10.9. The maximum atomic E-state index is 2.24. The molecule has 1 heteroatoms. The van der Waals surface area contributed by atoms with Crippen LogP contribution >= 0.6 is 0 Å². The second-order valence-corrected chi connectivity index (χ2v) is 3.21. The third kappa shape index (κ3) is 3.37. The van der Waals surface area contributed by atoms with Gasteiger partial charge in [0.15, 0.2) is 0 Å². The largest absolute Gasteiger partial charge is 3.00 e. The van der Waals surface area contributed by atoms with Crippen molar-refractivity contribution in [3.05, 3.63) is 41.8 Å². The average molecular weight is 236 g/mol. The molecule has 0 spiro atoms. The van der Waals surface area contributed by atoms with Gasteiger partial charge in [-0.05, 0) is 0 Å². The summed E-state index contributed by atoms with van der Waals surface area (Å²) in [5, 5.41) is 0. The van der Waals surface area contributed by atoms with E-state index < -0.39 is 0 Å². The van der Waals surface area contributed by atoms with Crippen LogP contribution in [0.15, 0.2) is 30.3 Å². The molecule has 0 bridgehead atoms. The van der Waals surface area contributed by atoms with E-state index in [2.05, 4.69) is 51.1 Å². The van der Waals surface area contributed by atoms with Crippen molar-refractivity contribution in [1.29, 1.82) is 0 Å². The summed E-state index contributed by atoms with van der Waals surface area (Å²) >= 11 is 0. The summed E-state index contributed by atoms with van der Waals surface area (Å²) in [5.41, 5.74) is 1.41. The first kappa shape index (κ1) is 12.3.